The van der Waals surface area contributed by atoms with E-state index in [0.717, 1.165) is 53.5 Å². The van der Waals surface area contributed by atoms with E-state index < -0.39 is 68.2 Å². The van der Waals surface area contributed by atoms with Gasteiger partial charge in [-0.05, 0) is 59.7 Å². The molecule has 0 bridgehead atoms. The molecule has 0 saturated carbocycles. The fourth-order valence-corrected chi connectivity index (χ4v) is 5.41. The van der Waals surface area contributed by atoms with Crippen molar-refractivity contribution in [3.63, 3.8) is 0 Å². The second-order valence-electron chi connectivity index (χ2n) is 9.46. The highest BCUT2D eigenvalue weighted by molar-refractivity contribution is 7.90. The van der Waals surface area contributed by atoms with Crippen molar-refractivity contribution >= 4 is 9.84 Å². The number of hydrogen-bond acceptors (Lipinski definition) is 7. The molecule has 0 unspecified atom stereocenters. The van der Waals surface area contributed by atoms with Crippen LogP contribution in [0.3, 0.4) is 0 Å². The molecule has 0 amide bonds. The molecule has 45 heavy (non-hydrogen) atoms. The monoisotopic (exact) mass is 659 g/mol. The first kappa shape index (κ1) is 31.6. The van der Waals surface area contributed by atoms with Crippen molar-refractivity contribution in [2.75, 3.05) is 6.26 Å². The number of ether oxygens (including phenoxy) is 1. The summed E-state index contributed by atoms with van der Waals surface area (Å²) in [5, 5.41) is 17.2. The molecule has 0 saturated heterocycles. The normalized spacial score (nSPS) is 12.5. The van der Waals surface area contributed by atoms with Crippen molar-refractivity contribution < 1.29 is 53.4 Å². The molecule has 2 aromatic heterocycles. The third-order valence-corrected chi connectivity index (χ3v) is 7.54. The maximum Gasteiger partial charge on any atom is 0.573 e. The Morgan fingerprint density at radius 3 is 2.13 bits per heavy atom. The first-order valence-corrected chi connectivity index (χ1v) is 14.2. The Balaban J connectivity index is 1.74. The number of aliphatic hydroxyl groups is 1. The Morgan fingerprint density at radius 2 is 1.56 bits per heavy atom. The average Bonchev–Trinajstić information content (AvgIpc) is 3.62. The molecule has 0 atom stereocenters. The van der Waals surface area contributed by atoms with Gasteiger partial charge in [-0.15, -0.1) is 18.3 Å². The van der Waals surface area contributed by atoms with E-state index in [2.05, 4.69) is 20.0 Å². The molecule has 0 fully saturated rings. The summed E-state index contributed by atoms with van der Waals surface area (Å²) in [6.07, 6.45) is -6.77. The molecule has 0 spiro atoms. The van der Waals surface area contributed by atoms with Crippen LogP contribution in [0.4, 0.5) is 35.1 Å². The van der Waals surface area contributed by atoms with Gasteiger partial charge in [0.2, 0.25) is 0 Å². The summed E-state index contributed by atoms with van der Waals surface area (Å²) in [6, 6.07) is 8.12. The number of alkyl halides is 6. The second-order valence-corrected chi connectivity index (χ2v) is 11.4. The van der Waals surface area contributed by atoms with Crippen LogP contribution in [0.15, 0.2) is 72.1 Å². The Hall–Kier alpha value is -4.84. The summed E-state index contributed by atoms with van der Waals surface area (Å²) >= 11 is 0. The van der Waals surface area contributed by atoms with Crippen molar-refractivity contribution in [3.8, 4) is 39.5 Å². The van der Waals surface area contributed by atoms with Gasteiger partial charge in [-0.2, -0.15) is 13.2 Å². The van der Waals surface area contributed by atoms with E-state index in [1.807, 2.05) is 0 Å². The molecule has 1 N–H and O–H groups in total. The summed E-state index contributed by atoms with van der Waals surface area (Å²) in [4.78, 5) is 2.69. The SMILES string of the molecule is CS(=O)(=O)c1cc(-c2cc(F)c(-n3cnc(C(F)(F)F)c3)c(-n3nncc3-c3ccc(OC(F)(F)F)cc3)c2)cc(F)c1CO. The number of halogens is 8. The molecule has 5 rings (SSSR count). The molecule has 2 heterocycles. The lowest BCUT2D eigenvalue weighted by Gasteiger charge is -2.17. The number of benzene rings is 3. The number of imidazole rings is 1. The predicted octanol–water partition coefficient (Wildman–Crippen LogP) is 5.88. The van der Waals surface area contributed by atoms with Crippen LogP contribution >= 0.6 is 0 Å². The Bertz CT molecular complexity index is 2000. The highest BCUT2D eigenvalue weighted by atomic mass is 32.2. The van der Waals surface area contributed by atoms with Crippen molar-refractivity contribution in [1.82, 2.24) is 24.5 Å². The van der Waals surface area contributed by atoms with Crippen LogP contribution < -0.4 is 4.74 Å². The van der Waals surface area contributed by atoms with Crippen LogP contribution in [0.1, 0.15) is 11.3 Å². The van der Waals surface area contributed by atoms with Crippen LogP contribution in [0.2, 0.25) is 0 Å². The third-order valence-electron chi connectivity index (χ3n) is 6.38. The maximum atomic E-state index is 15.9. The fraction of sp³-hybridized carbons (Fsp3) is 0.148. The van der Waals surface area contributed by atoms with E-state index in [-0.39, 0.29) is 28.1 Å². The first-order valence-electron chi connectivity index (χ1n) is 12.3. The minimum absolute atomic E-state index is 0.0288. The van der Waals surface area contributed by atoms with Crippen LogP contribution in [-0.2, 0) is 22.6 Å². The molecular weight excluding hydrogens is 642 g/mol. The molecular formula is C27H17F8N5O4S. The zero-order valence-electron chi connectivity index (χ0n) is 22.4. The number of sulfone groups is 1. The van der Waals surface area contributed by atoms with Crippen molar-refractivity contribution in [3.05, 3.63) is 90.1 Å². The summed E-state index contributed by atoms with van der Waals surface area (Å²) in [5.74, 6) is -2.88. The molecule has 0 aliphatic rings. The molecule has 236 valence electrons. The Kier molecular flexibility index (Phi) is 7.90. The van der Waals surface area contributed by atoms with Crippen molar-refractivity contribution in [2.24, 2.45) is 0 Å². The summed E-state index contributed by atoms with van der Waals surface area (Å²) < 4.78 is 139. The number of nitrogens with zero attached hydrogens (tertiary/aromatic N) is 5. The van der Waals surface area contributed by atoms with Crippen LogP contribution in [0.5, 0.6) is 5.75 Å². The highest BCUT2D eigenvalue weighted by Gasteiger charge is 2.34. The topological polar surface area (TPSA) is 112 Å². The summed E-state index contributed by atoms with van der Waals surface area (Å²) in [5.41, 5.74) is -2.89. The number of aliphatic hydroxyl groups excluding tert-OH is 1. The van der Waals surface area contributed by atoms with E-state index in [9.17, 15) is 44.3 Å². The highest BCUT2D eigenvalue weighted by Crippen LogP contribution is 2.36. The van der Waals surface area contributed by atoms with Gasteiger partial charge in [0.25, 0.3) is 0 Å². The van der Waals surface area contributed by atoms with E-state index >= 15 is 4.39 Å². The molecule has 18 heteroatoms. The molecule has 5 aromatic rings. The second kappa shape index (κ2) is 11.3. The van der Waals surface area contributed by atoms with E-state index in [1.165, 1.54) is 12.1 Å². The Labute approximate surface area is 247 Å². The lowest BCUT2D eigenvalue weighted by molar-refractivity contribution is -0.274. The van der Waals surface area contributed by atoms with Crippen LogP contribution in [-0.4, -0.2) is 50.7 Å². The minimum atomic E-state index is -4.97. The zero-order valence-corrected chi connectivity index (χ0v) is 23.2. The van der Waals surface area contributed by atoms with Crippen LogP contribution in [0.25, 0.3) is 33.8 Å². The third kappa shape index (κ3) is 6.51. The van der Waals surface area contributed by atoms with Gasteiger partial charge in [0.15, 0.2) is 15.5 Å². The lowest BCUT2D eigenvalue weighted by atomic mass is 10.0. The number of hydrogen-bond donors (Lipinski definition) is 1. The number of rotatable bonds is 7. The lowest BCUT2D eigenvalue weighted by Crippen LogP contribution is -2.17. The first-order chi connectivity index (χ1) is 21.0. The predicted molar refractivity (Wildman–Crippen MR) is 140 cm³/mol. The van der Waals surface area contributed by atoms with E-state index in [0.29, 0.717) is 17.1 Å². The van der Waals surface area contributed by atoms with Gasteiger partial charge in [0, 0.05) is 23.6 Å². The van der Waals surface area contributed by atoms with Gasteiger partial charge in [0.05, 0.1) is 29.1 Å². The van der Waals surface area contributed by atoms with Crippen LogP contribution in [0, 0.1) is 11.6 Å². The Morgan fingerprint density at radius 1 is 0.911 bits per heavy atom. The van der Waals surface area contributed by atoms with E-state index in [4.69, 9.17) is 0 Å². The van der Waals surface area contributed by atoms with Gasteiger partial charge in [-0.3, -0.25) is 0 Å². The van der Waals surface area contributed by atoms with Gasteiger partial charge in [-0.25, -0.2) is 26.9 Å². The number of aromatic nitrogens is 5. The minimum Gasteiger partial charge on any atom is -0.406 e. The van der Waals surface area contributed by atoms with Gasteiger partial charge in [-0.1, -0.05) is 5.21 Å². The standard InChI is InChI=1S/C27H17F8N5O4S/c1-45(42,43)23-9-16(6-19(28)18(23)12-41)15-7-20(29)25(39-11-24(36-13-39)26(30,31)32)21(8-15)40-22(10-37-38-40)14-2-4-17(5-3-14)44-27(33,34)35/h2-11,13,41H,12H2,1H3. The molecule has 0 aliphatic heterocycles. The van der Waals surface area contributed by atoms with Crippen molar-refractivity contribution in [1.29, 1.82) is 0 Å². The smallest absolute Gasteiger partial charge is 0.406 e. The summed E-state index contributed by atoms with van der Waals surface area (Å²) in [6.45, 7) is -0.968. The quantitative estimate of drug-likeness (QED) is 0.217. The van der Waals surface area contributed by atoms with Crippen molar-refractivity contribution in [2.45, 2.75) is 24.0 Å². The van der Waals surface area contributed by atoms with Gasteiger partial charge >= 0.3 is 12.5 Å². The molecule has 0 radical (unpaired) electrons. The van der Waals surface area contributed by atoms with Gasteiger partial charge in [0.1, 0.15) is 29.4 Å². The average molecular weight is 660 g/mol. The molecule has 3 aromatic carbocycles. The largest absolute Gasteiger partial charge is 0.573 e. The fourth-order valence-electron chi connectivity index (χ4n) is 4.46. The molecule has 9 nitrogen and oxygen atoms in total. The maximum absolute atomic E-state index is 15.9. The zero-order chi connectivity index (χ0) is 32.9. The molecule has 0 aliphatic carbocycles. The van der Waals surface area contributed by atoms with E-state index in [1.54, 1.807) is 0 Å². The van der Waals surface area contributed by atoms with Gasteiger partial charge < -0.3 is 14.4 Å². The summed E-state index contributed by atoms with van der Waals surface area (Å²) in [7, 11) is -4.10.